The molecule has 2 aromatic carbocycles. The fraction of sp³-hybridized carbons (Fsp3) is 0.278. The SMILES string of the molecule is O=C(CC(O)c1ccccc1)NC1CC1c1ccccc1. The van der Waals surface area contributed by atoms with Crippen LogP contribution < -0.4 is 5.32 Å². The molecular formula is C18H19NO2. The molecule has 0 heterocycles. The van der Waals surface area contributed by atoms with Gasteiger partial charge in [-0.15, -0.1) is 0 Å². The van der Waals surface area contributed by atoms with Gasteiger partial charge in [0.25, 0.3) is 0 Å². The summed E-state index contributed by atoms with van der Waals surface area (Å²) in [5.41, 5.74) is 2.05. The van der Waals surface area contributed by atoms with Crippen LogP contribution in [-0.4, -0.2) is 17.1 Å². The molecule has 3 nitrogen and oxygen atoms in total. The van der Waals surface area contributed by atoms with Crippen LogP contribution in [-0.2, 0) is 4.79 Å². The standard InChI is InChI=1S/C18H19NO2/c20-17(14-9-5-2-6-10-14)12-18(21)19-16-11-15(16)13-7-3-1-4-8-13/h1-10,15-17,20H,11-12H2,(H,19,21). The molecule has 3 rings (SSSR count). The second-order valence-corrected chi connectivity index (χ2v) is 5.56. The number of rotatable bonds is 5. The second-order valence-electron chi connectivity index (χ2n) is 5.56. The van der Waals surface area contributed by atoms with Gasteiger partial charge in [0.1, 0.15) is 0 Å². The minimum Gasteiger partial charge on any atom is -0.388 e. The molecule has 3 atom stereocenters. The van der Waals surface area contributed by atoms with Gasteiger partial charge in [0.15, 0.2) is 0 Å². The maximum atomic E-state index is 12.0. The molecule has 21 heavy (non-hydrogen) atoms. The molecule has 1 saturated carbocycles. The van der Waals surface area contributed by atoms with Gasteiger partial charge in [0.2, 0.25) is 5.91 Å². The number of carbonyl (C=O) groups excluding carboxylic acids is 1. The van der Waals surface area contributed by atoms with Crippen molar-refractivity contribution in [2.45, 2.75) is 30.9 Å². The Morgan fingerprint density at radius 2 is 1.71 bits per heavy atom. The maximum absolute atomic E-state index is 12.0. The zero-order chi connectivity index (χ0) is 14.7. The monoisotopic (exact) mass is 281 g/mol. The molecule has 2 aromatic rings. The number of benzene rings is 2. The van der Waals surface area contributed by atoms with Gasteiger partial charge < -0.3 is 10.4 Å². The van der Waals surface area contributed by atoms with Crippen LogP contribution in [0.5, 0.6) is 0 Å². The van der Waals surface area contributed by atoms with E-state index in [2.05, 4.69) is 17.4 Å². The van der Waals surface area contributed by atoms with Crippen LogP contribution in [0.15, 0.2) is 60.7 Å². The predicted molar refractivity (Wildman–Crippen MR) is 81.7 cm³/mol. The first kappa shape index (κ1) is 13.8. The molecule has 1 aliphatic carbocycles. The molecular weight excluding hydrogens is 262 g/mol. The summed E-state index contributed by atoms with van der Waals surface area (Å²) in [6.07, 6.45) is 0.360. The third kappa shape index (κ3) is 3.50. The van der Waals surface area contributed by atoms with Crippen LogP contribution in [0.25, 0.3) is 0 Å². The Morgan fingerprint density at radius 3 is 2.38 bits per heavy atom. The van der Waals surface area contributed by atoms with Crippen molar-refractivity contribution in [3.63, 3.8) is 0 Å². The highest BCUT2D eigenvalue weighted by atomic mass is 16.3. The minimum absolute atomic E-state index is 0.0882. The van der Waals surface area contributed by atoms with Gasteiger partial charge >= 0.3 is 0 Å². The molecule has 1 fully saturated rings. The van der Waals surface area contributed by atoms with E-state index in [1.807, 2.05) is 48.5 Å². The normalized spacial score (nSPS) is 21.6. The molecule has 0 aromatic heterocycles. The fourth-order valence-electron chi connectivity index (χ4n) is 2.66. The number of hydrogen-bond acceptors (Lipinski definition) is 2. The molecule has 0 radical (unpaired) electrons. The molecule has 3 heteroatoms. The Morgan fingerprint density at radius 1 is 1.10 bits per heavy atom. The van der Waals surface area contributed by atoms with Crippen LogP contribution in [0.1, 0.15) is 36.0 Å². The number of hydrogen-bond donors (Lipinski definition) is 2. The zero-order valence-corrected chi connectivity index (χ0v) is 11.8. The molecule has 2 N–H and O–H groups in total. The maximum Gasteiger partial charge on any atom is 0.223 e. The number of carbonyl (C=O) groups is 1. The first-order valence-corrected chi connectivity index (χ1v) is 7.31. The van der Waals surface area contributed by atoms with Gasteiger partial charge in [-0.2, -0.15) is 0 Å². The summed E-state index contributed by atoms with van der Waals surface area (Å²) in [7, 11) is 0. The molecule has 1 aliphatic rings. The van der Waals surface area contributed by atoms with Crippen LogP contribution >= 0.6 is 0 Å². The molecule has 108 valence electrons. The lowest BCUT2D eigenvalue weighted by molar-refractivity contribution is -0.123. The highest BCUT2D eigenvalue weighted by Crippen LogP contribution is 2.40. The van der Waals surface area contributed by atoms with Crippen molar-refractivity contribution in [2.24, 2.45) is 0 Å². The average molecular weight is 281 g/mol. The molecule has 0 aliphatic heterocycles. The van der Waals surface area contributed by atoms with E-state index in [1.165, 1.54) is 5.56 Å². The summed E-state index contributed by atoms with van der Waals surface area (Å²) < 4.78 is 0. The quantitative estimate of drug-likeness (QED) is 0.885. The Bertz CT molecular complexity index is 597. The van der Waals surface area contributed by atoms with Gasteiger partial charge in [-0.05, 0) is 17.5 Å². The highest BCUT2D eigenvalue weighted by molar-refractivity contribution is 5.77. The van der Waals surface area contributed by atoms with Crippen molar-refractivity contribution < 1.29 is 9.90 Å². The first-order valence-electron chi connectivity index (χ1n) is 7.31. The molecule has 0 bridgehead atoms. The molecule has 1 amide bonds. The van der Waals surface area contributed by atoms with Gasteiger partial charge in [-0.1, -0.05) is 60.7 Å². The zero-order valence-electron chi connectivity index (χ0n) is 11.8. The predicted octanol–water partition coefficient (Wildman–Crippen LogP) is 2.78. The van der Waals surface area contributed by atoms with E-state index in [1.54, 1.807) is 0 Å². The summed E-state index contributed by atoms with van der Waals surface area (Å²) in [6, 6.07) is 19.7. The Balaban J connectivity index is 1.50. The summed E-state index contributed by atoms with van der Waals surface area (Å²) in [5, 5.41) is 13.1. The topological polar surface area (TPSA) is 49.3 Å². The van der Waals surface area contributed by atoms with Crippen molar-refractivity contribution in [2.75, 3.05) is 0 Å². The third-order valence-electron chi connectivity index (χ3n) is 3.93. The lowest BCUT2D eigenvalue weighted by atomic mass is 10.1. The van der Waals surface area contributed by atoms with E-state index in [4.69, 9.17) is 0 Å². The minimum atomic E-state index is -0.736. The molecule has 0 spiro atoms. The Hall–Kier alpha value is -2.13. The largest absolute Gasteiger partial charge is 0.388 e. The molecule has 0 saturated heterocycles. The summed E-state index contributed by atoms with van der Waals surface area (Å²) in [6.45, 7) is 0. The number of amides is 1. The van der Waals surface area contributed by atoms with E-state index in [0.717, 1.165) is 12.0 Å². The Labute approximate surface area is 124 Å². The second kappa shape index (κ2) is 6.10. The van der Waals surface area contributed by atoms with Crippen molar-refractivity contribution in [3.05, 3.63) is 71.8 Å². The van der Waals surface area contributed by atoms with Crippen LogP contribution in [0.4, 0.5) is 0 Å². The highest BCUT2D eigenvalue weighted by Gasteiger charge is 2.39. The summed E-state index contributed by atoms with van der Waals surface area (Å²) in [5.74, 6) is 0.332. The number of nitrogens with one attached hydrogen (secondary N) is 1. The summed E-state index contributed by atoms with van der Waals surface area (Å²) >= 11 is 0. The average Bonchev–Trinajstić information content (AvgIpc) is 3.28. The first-order chi connectivity index (χ1) is 10.2. The van der Waals surface area contributed by atoms with Crippen LogP contribution in [0.3, 0.4) is 0 Å². The van der Waals surface area contributed by atoms with Crippen molar-refractivity contribution in [1.82, 2.24) is 5.32 Å². The lowest BCUT2D eigenvalue weighted by Gasteiger charge is -2.11. The number of aliphatic hydroxyl groups excluding tert-OH is 1. The van der Waals surface area contributed by atoms with Crippen molar-refractivity contribution >= 4 is 5.91 Å². The van der Waals surface area contributed by atoms with E-state index in [-0.39, 0.29) is 18.4 Å². The Kier molecular flexibility index (Phi) is 4.02. The van der Waals surface area contributed by atoms with Crippen LogP contribution in [0.2, 0.25) is 0 Å². The van der Waals surface area contributed by atoms with Crippen LogP contribution in [0, 0.1) is 0 Å². The number of aliphatic hydroxyl groups is 1. The van der Waals surface area contributed by atoms with Gasteiger partial charge in [0.05, 0.1) is 12.5 Å². The van der Waals surface area contributed by atoms with E-state index >= 15 is 0 Å². The van der Waals surface area contributed by atoms with E-state index < -0.39 is 6.10 Å². The smallest absolute Gasteiger partial charge is 0.223 e. The van der Waals surface area contributed by atoms with Gasteiger partial charge in [-0.3, -0.25) is 4.79 Å². The fourth-order valence-corrected chi connectivity index (χ4v) is 2.66. The lowest BCUT2D eigenvalue weighted by Crippen LogP contribution is -2.28. The summed E-state index contributed by atoms with van der Waals surface area (Å²) in [4.78, 5) is 12.0. The van der Waals surface area contributed by atoms with E-state index in [0.29, 0.717) is 5.92 Å². The molecule has 3 unspecified atom stereocenters. The van der Waals surface area contributed by atoms with Gasteiger partial charge in [0, 0.05) is 12.0 Å². The van der Waals surface area contributed by atoms with Crippen molar-refractivity contribution in [3.8, 4) is 0 Å². The van der Waals surface area contributed by atoms with Crippen molar-refractivity contribution in [1.29, 1.82) is 0 Å². The van der Waals surface area contributed by atoms with E-state index in [9.17, 15) is 9.90 Å². The van der Waals surface area contributed by atoms with Gasteiger partial charge in [-0.25, -0.2) is 0 Å². The third-order valence-corrected chi connectivity index (χ3v) is 3.93.